The van der Waals surface area contributed by atoms with Gasteiger partial charge in [0.05, 0.1) is 14.2 Å². The molecule has 3 rings (SSSR count). The first-order chi connectivity index (χ1) is 13.6. The van der Waals surface area contributed by atoms with E-state index in [4.69, 9.17) is 15.2 Å². The molecule has 5 nitrogen and oxygen atoms in total. The minimum atomic E-state index is 0.0453. The van der Waals surface area contributed by atoms with Crippen molar-refractivity contribution < 1.29 is 14.3 Å². The SMILES string of the molecule is COc1ccc(C=CC(=O)N2CCC(c3cccc(CN)c3)CC2)cc1OC. The van der Waals surface area contributed by atoms with Crippen molar-refractivity contribution in [2.75, 3.05) is 27.3 Å². The number of benzene rings is 2. The minimum absolute atomic E-state index is 0.0453. The molecule has 1 aliphatic heterocycles. The summed E-state index contributed by atoms with van der Waals surface area (Å²) in [6.45, 7) is 2.10. The molecule has 1 aliphatic rings. The Kier molecular flexibility index (Phi) is 6.71. The van der Waals surface area contributed by atoms with Gasteiger partial charge in [-0.25, -0.2) is 0 Å². The number of piperidine rings is 1. The van der Waals surface area contributed by atoms with Crippen LogP contribution in [0.5, 0.6) is 11.5 Å². The summed E-state index contributed by atoms with van der Waals surface area (Å²) >= 11 is 0. The molecular formula is C23H28N2O3. The first kappa shape index (κ1) is 20.0. The fourth-order valence-electron chi connectivity index (χ4n) is 3.64. The highest BCUT2D eigenvalue weighted by Gasteiger charge is 2.22. The van der Waals surface area contributed by atoms with Crippen molar-refractivity contribution in [1.29, 1.82) is 0 Å². The van der Waals surface area contributed by atoms with E-state index in [2.05, 4.69) is 24.3 Å². The summed E-state index contributed by atoms with van der Waals surface area (Å²) in [4.78, 5) is 14.5. The first-order valence-corrected chi connectivity index (χ1v) is 9.62. The molecule has 0 spiro atoms. The second-order valence-electron chi connectivity index (χ2n) is 7.00. The number of ether oxygens (including phenoxy) is 2. The third kappa shape index (κ3) is 4.73. The second kappa shape index (κ2) is 9.42. The summed E-state index contributed by atoms with van der Waals surface area (Å²) in [5, 5.41) is 0. The summed E-state index contributed by atoms with van der Waals surface area (Å²) in [6.07, 6.45) is 5.41. The summed E-state index contributed by atoms with van der Waals surface area (Å²) in [5.74, 6) is 1.86. The van der Waals surface area contributed by atoms with E-state index in [9.17, 15) is 4.79 Å². The van der Waals surface area contributed by atoms with Gasteiger partial charge in [0.25, 0.3) is 0 Å². The summed E-state index contributed by atoms with van der Waals surface area (Å²) < 4.78 is 10.6. The van der Waals surface area contributed by atoms with E-state index < -0.39 is 0 Å². The molecule has 148 valence electrons. The van der Waals surface area contributed by atoms with E-state index in [-0.39, 0.29) is 5.91 Å². The Balaban J connectivity index is 1.58. The van der Waals surface area contributed by atoms with Gasteiger partial charge in [0.1, 0.15) is 0 Å². The number of amides is 1. The topological polar surface area (TPSA) is 64.8 Å². The molecule has 1 fully saturated rings. The van der Waals surface area contributed by atoms with Gasteiger partial charge in [0.2, 0.25) is 5.91 Å². The van der Waals surface area contributed by atoms with Crippen molar-refractivity contribution in [3.05, 3.63) is 65.2 Å². The van der Waals surface area contributed by atoms with E-state index in [0.29, 0.717) is 24.0 Å². The fraction of sp³-hybridized carbons (Fsp3) is 0.348. The van der Waals surface area contributed by atoms with Crippen LogP contribution in [0.2, 0.25) is 0 Å². The van der Waals surface area contributed by atoms with Crippen LogP contribution in [0.3, 0.4) is 0 Å². The number of methoxy groups -OCH3 is 2. The smallest absolute Gasteiger partial charge is 0.246 e. The highest BCUT2D eigenvalue weighted by atomic mass is 16.5. The molecule has 1 saturated heterocycles. The Morgan fingerprint density at radius 3 is 2.54 bits per heavy atom. The molecule has 2 N–H and O–H groups in total. The number of rotatable bonds is 6. The van der Waals surface area contributed by atoms with Crippen LogP contribution in [0.25, 0.3) is 6.08 Å². The van der Waals surface area contributed by atoms with Crippen molar-refractivity contribution in [1.82, 2.24) is 4.90 Å². The van der Waals surface area contributed by atoms with E-state index in [1.165, 1.54) is 5.56 Å². The minimum Gasteiger partial charge on any atom is -0.493 e. The lowest BCUT2D eigenvalue weighted by Gasteiger charge is -2.31. The van der Waals surface area contributed by atoms with Gasteiger partial charge in [0.15, 0.2) is 11.5 Å². The fourth-order valence-corrected chi connectivity index (χ4v) is 3.64. The van der Waals surface area contributed by atoms with Crippen LogP contribution in [0.1, 0.15) is 35.4 Å². The Morgan fingerprint density at radius 2 is 1.86 bits per heavy atom. The maximum Gasteiger partial charge on any atom is 0.246 e. The number of carbonyl (C=O) groups is 1. The van der Waals surface area contributed by atoms with Crippen LogP contribution in [0, 0.1) is 0 Å². The third-order valence-electron chi connectivity index (χ3n) is 5.29. The Labute approximate surface area is 166 Å². The number of nitrogens with zero attached hydrogens (tertiary/aromatic N) is 1. The van der Waals surface area contributed by atoms with E-state index in [1.807, 2.05) is 29.2 Å². The largest absolute Gasteiger partial charge is 0.493 e. The monoisotopic (exact) mass is 380 g/mol. The molecule has 1 heterocycles. The average Bonchev–Trinajstić information content (AvgIpc) is 2.77. The predicted molar refractivity (Wildman–Crippen MR) is 111 cm³/mol. The highest BCUT2D eigenvalue weighted by Crippen LogP contribution is 2.29. The van der Waals surface area contributed by atoms with Gasteiger partial charge >= 0.3 is 0 Å². The molecule has 0 radical (unpaired) electrons. The van der Waals surface area contributed by atoms with Gasteiger partial charge in [0, 0.05) is 25.7 Å². The van der Waals surface area contributed by atoms with Crippen molar-refractivity contribution >= 4 is 12.0 Å². The Morgan fingerprint density at radius 1 is 1.11 bits per heavy atom. The molecule has 2 aromatic rings. The van der Waals surface area contributed by atoms with Crippen LogP contribution in [-0.4, -0.2) is 38.1 Å². The zero-order chi connectivity index (χ0) is 19.9. The molecule has 2 aromatic carbocycles. The van der Waals surface area contributed by atoms with Gasteiger partial charge < -0.3 is 20.1 Å². The summed E-state index contributed by atoms with van der Waals surface area (Å²) in [7, 11) is 3.21. The summed E-state index contributed by atoms with van der Waals surface area (Å²) in [5.41, 5.74) is 9.14. The van der Waals surface area contributed by atoms with Gasteiger partial charge in [-0.1, -0.05) is 30.3 Å². The van der Waals surface area contributed by atoms with Crippen molar-refractivity contribution in [2.45, 2.75) is 25.3 Å². The molecule has 1 amide bonds. The summed E-state index contributed by atoms with van der Waals surface area (Å²) in [6, 6.07) is 14.1. The Hall–Kier alpha value is -2.79. The van der Waals surface area contributed by atoms with Gasteiger partial charge in [-0.15, -0.1) is 0 Å². The average molecular weight is 380 g/mol. The lowest BCUT2D eigenvalue weighted by atomic mass is 9.88. The quantitative estimate of drug-likeness (QED) is 0.778. The first-order valence-electron chi connectivity index (χ1n) is 9.62. The van der Waals surface area contributed by atoms with Crippen LogP contribution < -0.4 is 15.2 Å². The third-order valence-corrected chi connectivity index (χ3v) is 5.29. The van der Waals surface area contributed by atoms with Crippen molar-refractivity contribution in [3.8, 4) is 11.5 Å². The highest BCUT2D eigenvalue weighted by molar-refractivity contribution is 5.92. The second-order valence-corrected chi connectivity index (χ2v) is 7.00. The number of nitrogens with two attached hydrogens (primary N) is 1. The number of hydrogen-bond donors (Lipinski definition) is 1. The van der Waals surface area contributed by atoms with E-state index in [0.717, 1.165) is 37.1 Å². The molecule has 0 bridgehead atoms. The van der Waals surface area contributed by atoms with Crippen LogP contribution in [0.15, 0.2) is 48.5 Å². The van der Waals surface area contributed by atoms with Gasteiger partial charge in [-0.05, 0) is 53.7 Å². The normalized spacial score (nSPS) is 15.0. The van der Waals surface area contributed by atoms with Crippen molar-refractivity contribution in [2.24, 2.45) is 5.73 Å². The van der Waals surface area contributed by atoms with Crippen LogP contribution in [-0.2, 0) is 11.3 Å². The number of hydrogen-bond acceptors (Lipinski definition) is 4. The molecular weight excluding hydrogens is 352 g/mol. The molecule has 28 heavy (non-hydrogen) atoms. The number of carbonyl (C=O) groups excluding carboxylic acids is 1. The van der Waals surface area contributed by atoms with Gasteiger partial charge in [-0.3, -0.25) is 4.79 Å². The molecule has 0 aromatic heterocycles. The predicted octanol–water partition coefficient (Wildman–Crippen LogP) is 3.58. The maximum absolute atomic E-state index is 12.6. The van der Waals surface area contributed by atoms with E-state index in [1.54, 1.807) is 20.3 Å². The maximum atomic E-state index is 12.6. The molecule has 0 saturated carbocycles. The van der Waals surface area contributed by atoms with Gasteiger partial charge in [-0.2, -0.15) is 0 Å². The number of likely N-dealkylation sites (tertiary alicyclic amines) is 1. The zero-order valence-corrected chi connectivity index (χ0v) is 16.6. The van der Waals surface area contributed by atoms with Crippen LogP contribution >= 0.6 is 0 Å². The van der Waals surface area contributed by atoms with Crippen molar-refractivity contribution in [3.63, 3.8) is 0 Å². The molecule has 0 atom stereocenters. The standard InChI is InChI=1S/C23H28N2O3/c1-27-21-8-6-17(15-22(21)28-2)7-9-23(26)25-12-10-19(11-13-25)20-5-3-4-18(14-20)16-24/h3-9,14-15,19H,10-13,16,24H2,1-2H3. The lowest BCUT2D eigenvalue weighted by Crippen LogP contribution is -2.36. The Bertz CT molecular complexity index is 839. The van der Waals surface area contributed by atoms with E-state index >= 15 is 0 Å². The zero-order valence-electron chi connectivity index (χ0n) is 16.6. The van der Waals surface area contributed by atoms with Crippen LogP contribution in [0.4, 0.5) is 0 Å². The lowest BCUT2D eigenvalue weighted by molar-refractivity contribution is -0.126. The molecule has 0 aliphatic carbocycles. The molecule has 0 unspecified atom stereocenters. The molecule has 5 heteroatoms.